The van der Waals surface area contributed by atoms with Crippen molar-refractivity contribution in [3.05, 3.63) is 57.3 Å². The highest BCUT2D eigenvalue weighted by molar-refractivity contribution is 5.91. The van der Waals surface area contributed by atoms with Gasteiger partial charge in [-0.3, -0.25) is 4.79 Å². The monoisotopic (exact) mass is 402 g/mol. The number of hydrogen-bond donors (Lipinski definition) is 3. The summed E-state index contributed by atoms with van der Waals surface area (Å²) in [5.74, 6) is -4.86. The second-order valence-corrected chi connectivity index (χ2v) is 5.58. The van der Waals surface area contributed by atoms with Crippen molar-refractivity contribution in [3.8, 4) is 5.75 Å². The van der Waals surface area contributed by atoms with Gasteiger partial charge in [-0.2, -0.15) is 0 Å². The summed E-state index contributed by atoms with van der Waals surface area (Å²) < 4.78 is 51.0. The quantitative estimate of drug-likeness (QED) is 0.468. The molecule has 0 aliphatic carbocycles. The number of carbonyl (C=O) groups is 1. The molecule has 0 aliphatic heterocycles. The zero-order valence-corrected chi connectivity index (χ0v) is 14.8. The summed E-state index contributed by atoms with van der Waals surface area (Å²) in [4.78, 5) is 24.5. The number of esters is 1. The minimum atomic E-state index is -1.89. The molecule has 0 atom stereocenters. The Balaban J connectivity index is 2.50. The molecule has 0 unspecified atom stereocenters. The lowest BCUT2D eigenvalue weighted by Gasteiger charge is -2.18. The first-order valence-corrected chi connectivity index (χ1v) is 7.82. The average molecular weight is 402 g/mol. The van der Waals surface area contributed by atoms with Crippen LogP contribution in [0.1, 0.15) is 16.1 Å². The van der Waals surface area contributed by atoms with Crippen LogP contribution in [0, 0.1) is 17.5 Å². The Hall–Kier alpha value is -3.05. The van der Waals surface area contributed by atoms with E-state index in [1.807, 2.05) is 0 Å². The lowest BCUT2D eigenvalue weighted by molar-refractivity contribution is -0.0518. The number of aromatic nitrogens is 1. The number of rotatable bonds is 7. The summed E-state index contributed by atoms with van der Waals surface area (Å²) in [7, 11) is 2.16. The van der Waals surface area contributed by atoms with Gasteiger partial charge in [0.1, 0.15) is 23.1 Å². The molecular formula is C17H17F3N2O6. The van der Waals surface area contributed by atoms with Crippen LogP contribution < -0.4 is 15.5 Å². The number of halogens is 3. The topological polar surface area (TPSA) is 110 Å². The zero-order valence-electron chi connectivity index (χ0n) is 14.8. The molecule has 1 aromatic carbocycles. The van der Waals surface area contributed by atoms with Gasteiger partial charge >= 0.3 is 5.97 Å². The molecule has 2 aromatic rings. The number of pyridine rings is 1. The minimum absolute atomic E-state index is 0.256. The first kappa shape index (κ1) is 21.3. The number of benzene rings is 1. The van der Waals surface area contributed by atoms with Crippen LogP contribution in [0.25, 0.3) is 0 Å². The molecule has 152 valence electrons. The van der Waals surface area contributed by atoms with E-state index in [2.05, 4.69) is 10.1 Å². The standard InChI is InChI=1S/C17H17F3N2O6/c1-27-16-14(17(26)28-2)22(7-13(23)24)6-12(15(16)25)21-5-9-10(19)3-8(18)4-11(9)20/h3-4,6,13,21,23-24H,5,7H2,1-2H3. The van der Waals surface area contributed by atoms with Gasteiger partial charge in [0, 0.05) is 30.4 Å². The van der Waals surface area contributed by atoms with Crippen molar-refractivity contribution < 1.29 is 37.7 Å². The molecule has 0 fully saturated rings. The fourth-order valence-corrected chi connectivity index (χ4v) is 2.51. The first-order valence-electron chi connectivity index (χ1n) is 7.82. The van der Waals surface area contributed by atoms with Crippen LogP contribution in [0.15, 0.2) is 23.1 Å². The van der Waals surface area contributed by atoms with Crippen molar-refractivity contribution in [1.82, 2.24) is 4.57 Å². The molecule has 0 bridgehead atoms. The zero-order chi connectivity index (χ0) is 21.0. The summed E-state index contributed by atoms with van der Waals surface area (Å²) in [5.41, 5.74) is -2.00. The highest BCUT2D eigenvalue weighted by Gasteiger charge is 2.24. The van der Waals surface area contributed by atoms with Crippen LogP contribution in [0.4, 0.5) is 18.9 Å². The van der Waals surface area contributed by atoms with Gasteiger partial charge in [-0.1, -0.05) is 0 Å². The fraction of sp³-hybridized carbons (Fsp3) is 0.294. The van der Waals surface area contributed by atoms with Gasteiger partial charge in [0.2, 0.25) is 5.43 Å². The third-order valence-corrected chi connectivity index (χ3v) is 3.74. The normalized spacial score (nSPS) is 10.9. The van der Waals surface area contributed by atoms with E-state index in [0.29, 0.717) is 12.1 Å². The smallest absolute Gasteiger partial charge is 0.358 e. The number of methoxy groups -OCH3 is 2. The number of nitrogens with zero attached hydrogens (tertiary/aromatic N) is 1. The molecule has 28 heavy (non-hydrogen) atoms. The average Bonchev–Trinajstić information content (AvgIpc) is 2.61. The molecule has 0 radical (unpaired) electrons. The molecule has 0 saturated heterocycles. The highest BCUT2D eigenvalue weighted by Crippen LogP contribution is 2.21. The van der Waals surface area contributed by atoms with E-state index in [1.165, 1.54) is 0 Å². The van der Waals surface area contributed by atoms with Crippen LogP contribution in [0.5, 0.6) is 5.75 Å². The highest BCUT2D eigenvalue weighted by atomic mass is 19.1. The van der Waals surface area contributed by atoms with Crippen molar-refractivity contribution >= 4 is 11.7 Å². The number of anilines is 1. The van der Waals surface area contributed by atoms with Crippen molar-refractivity contribution in [2.45, 2.75) is 19.4 Å². The van der Waals surface area contributed by atoms with Crippen molar-refractivity contribution in [2.24, 2.45) is 0 Å². The lowest BCUT2D eigenvalue weighted by Crippen LogP contribution is -2.27. The van der Waals surface area contributed by atoms with Crippen LogP contribution >= 0.6 is 0 Å². The van der Waals surface area contributed by atoms with Gasteiger partial charge in [-0.15, -0.1) is 0 Å². The number of ether oxygens (including phenoxy) is 2. The number of aliphatic hydroxyl groups is 2. The van der Waals surface area contributed by atoms with E-state index in [9.17, 15) is 33.0 Å². The van der Waals surface area contributed by atoms with E-state index in [4.69, 9.17) is 4.74 Å². The Bertz CT molecular complexity index is 922. The fourth-order valence-electron chi connectivity index (χ4n) is 2.51. The predicted octanol–water partition coefficient (Wildman–Crippen LogP) is 0.984. The SMILES string of the molecule is COC(=O)c1c(OC)c(=O)c(NCc2c(F)cc(F)cc2F)cn1CC(O)O. The maximum Gasteiger partial charge on any atom is 0.358 e. The number of nitrogens with one attached hydrogen (secondary N) is 1. The van der Waals surface area contributed by atoms with Crippen molar-refractivity contribution in [2.75, 3.05) is 19.5 Å². The summed E-state index contributed by atoms with van der Waals surface area (Å²) in [5, 5.41) is 20.9. The Morgan fingerprint density at radius 3 is 2.32 bits per heavy atom. The van der Waals surface area contributed by atoms with E-state index < -0.39 is 59.5 Å². The van der Waals surface area contributed by atoms with Gasteiger partial charge < -0.3 is 29.6 Å². The molecule has 2 rings (SSSR count). The Morgan fingerprint density at radius 1 is 1.21 bits per heavy atom. The molecule has 1 aromatic heterocycles. The summed E-state index contributed by atoms with van der Waals surface area (Å²) >= 11 is 0. The number of hydrogen-bond acceptors (Lipinski definition) is 7. The van der Waals surface area contributed by atoms with Crippen LogP contribution in [0.2, 0.25) is 0 Å². The molecule has 8 nitrogen and oxygen atoms in total. The lowest BCUT2D eigenvalue weighted by atomic mass is 10.2. The van der Waals surface area contributed by atoms with E-state index in [0.717, 1.165) is 25.0 Å². The largest absolute Gasteiger partial charge is 0.490 e. The van der Waals surface area contributed by atoms with E-state index in [-0.39, 0.29) is 11.4 Å². The summed E-state index contributed by atoms with van der Waals surface area (Å²) in [6.45, 7) is -1.06. The van der Waals surface area contributed by atoms with Crippen LogP contribution in [-0.4, -0.2) is 41.3 Å². The van der Waals surface area contributed by atoms with E-state index >= 15 is 0 Å². The Kier molecular flexibility index (Phi) is 6.65. The third-order valence-electron chi connectivity index (χ3n) is 3.74. The van der Waals surface area contributed by atoms with Gasteiger partial charge in [0.05, 0.1) is 20.8 Å². The molecule has 0 saturated carbocycles. The maximum absolute atomic E-state index is 13.8. The van der Waals surface area contributed by atoms with Gasteiger partial charge in [-0.05, 0) is 0 Å². The third kappa shape index (κ3) is 4.43. The molecule has 11 heteroatoms. The molecule has 1 heterocycles. The maximum atomic E-state index is 13.8. The Morgan fingerprint density at radius 2 is 1.82 bits per heavy atom. The van der Waals surface area contributed by atoms with Gasteiger partial charge in [0.15, 0.2) is 17.7 Å². The molecule has 0 spiro atoms. The summed E-state index contributed by atoms with van der Waals surface area (Å²) in [6, 6.07) is 0.975. The van der Waals surface area contributed by atoms with Gasteiger partial charge in [0.25, 0.3) is 0 Å². The minimum Gasteiger partial charge on any atom is -0.490 e. The van der Waals surface area contributed by atoms with Crippen LogP contribution in [-0.2, 0) is 17.8 Å². The predicted molar refractivity (Wildman–Crippen MR) is 90.5 cm³/mol. The summed E-state index contributed by atoms with van der Waals surface area (Å²) in [6.07, 6.45) is -0.856. The van der Waals surface area contributed by atoms with Crippen molar-refractivity contribution in [1.29, 1.82) is 0 Å². The Labute approximate surface area is 156 Å². The van der Waals surface area contributed by atoms with Gasteiger partial charge in [-0.25, -0.2) is 18.0 Å². The molecule has 0 amide bonds. The molecular weight excluding hydrogens is 385 g/mol. The second-order valence-electron chi connectivity index (χ2n) is 5.58. The second kappa shape index (κ2) is 8.76. The number of aliphatic hydroxyl groups excluding tert-OH is 1. The molecule has 0 aliphatic rings. The van der Waals surface area contributed by atoms with E-state index in [1.54, 1.807) is 0 Å². The van der Waals surface area contributed by atoms with Crippen molar-refractivity contribution in [3.63, 3.8) is 0 Å². The van der Waals surface area contributed by atoms with Crippen LogP contribution in [0.3, 0.4) is 0 Å². The molecule has 3 N–H and O–H groups in total. The first-order chi connectivity index (χ1) is 13.2. The number of carbonyl (C=O) groups excluding carboxylic acids is 1.